The highest BCUT2D eigenvalue weighted by atomic mass is 16.5. The largest absolute Gasteiger partial charge is 0.497 e. The first-order valence-corrected chi connectivity index (χ1v) is 6.36. The Balaban J connectivity index is 2.04. The number of methoxy groups -OCH3 is 2. The van der Waals surface area contributed by atoms with Crippen molar-refractivity contribution in [3.8, 4) is 11.5 Å². The zero-order chi connectivity index (χ0) is 16.1. The molecule has 22 heavy (non-hydrogen) atoms. The smallest absolute Gasteiger partial charge is 0.272 e. The van der Waals surface area contributed by atoms with Crippen LogP contribution in [0, 0.1) is 0 Å². The van der Waals surface area contributed by atoms with Crippen LogP contribution in [-0.4, -0.2) is 35.8 Å². The van der Waals surface area contributed by atoms with Crippen molar-refractivity contribution in [2.45, 2.75) is 0 Å². The number of aryl methyl sites for hydroxylation is 1. The van der Waals surface area contributed by atoms with Crippen LogP contribution in [0.25, 0.3) is 0 Å². The molecule has 116 valence electrons. The Morgan fingerprint density at radius 3 is 2.00 bits per heavy atom. The number of hydrogen-bond acceptors (Lipinski definition) is 5. The highest BCUT2D eigenvalue weighted by molar-refractivity contribution is 5.99. The standard InChI is InChI=1S/C14H16N4O4/c1-18-8-10(7-15-18)14(20)17-16-13(19)9-4-11(21-2)6-12(5-9)22-3/h4-8H,1-3H3,(H,16,19)(H,17,20). The van der Waals surface area contributed by atoms with Crippen molar-refractivity contribution in [1.29, 1.82) is 0 Å². The van der Waals surface area contributed by atoms with Crippen LogP contribution in [0.1, 0.15) is 20.7 Å². The Morgan fingerprint density at radius 1 is 1.00 bits per heavy atom. The summed E-state index contributed by atoms with van der Waals surface area (Å²) in [6.07, 6.45) is 2.94. The molecule has 0 spiro atoms. The van der Waals surface area contributed by atoms with E-state index in [1.807, 2.05) is 0 Å². The van der Waals surface area contributed by atoms with E-state index in [0.29, 0.717) is 22.6 Å². The predicted octanol–water partition coefficient (Wildman–Crippen LogP) is 0.512. The molecule has 0 fully saturated rings. The maximum atomic E-state index is 12.1. The van der Waals surface area contributed by atoms with Gasteiger partial charge in [-0.3, -0.25) is 25.1 Å². The average molecular weight is 304 g/mol. The molecule has 8 heteroatoms. The fraction of sp³-hybridized carbons (Fsp3) is 0.214. The first-order valence-electron chi connectivity index (χ1n) is 6.36. The minimum Gasteiger partial charge on any atom is -0.497 e. The van der Waals surface area contributed by atoms with Crippen LogP contribution in [0.3, 0.4) is 0 Å². The van der Waals surface area contributed by atoms with E-state index in [9.17, 15) is 9.59 Å². The number of hydrogen-bond donors (Lipinski definition) is 2. The molecule has 8 nitrogen and oxygen atoms in total. The number of benzene rings is 1. The lowest BCUT2D eigenvalue weighted by Crippen LogP contribution is -2.41. The minimum absolute atomic E-state index is 0.294. The van der Waals surface area contributed by atoms with Gasteiger partial charge in [-0.15, -0.1) is 0 Å². The third-order valence-electron chi connectivity index (χ3n) is 2.87. The summed E-state index contributed by atoms with van der Waals surface area (Å²) in [6.45, 7) is 0. The second-order valence-electron chi connectivity index (χ2n) is 4.41. The van der Waals surface area contributed by atoms with E-state index < -0.39 is 11.8 Å². The number of rotatable bonds is 4. The minimum atomic E-state index is -0.491. The molecule has 0 atom stereocenters. The number of nitrogens with one attached hydrogen (secondary N) is 2. The van der Waals surface area contributed by atoms with Gasteiger partial charge in [0.15, 0.2) is 0 Å². The van der Waals surface area contributed by atoms with Crippen LogP contribution in [0.4, 0.5) is 0 Å². The van der Waals surface area contributed by atoms with E-state index in [4.69, 9.17) is 9.47 Å². The van der Waals surface area contributed by atoms with Gasteiger partial charge < -0.3 is 9.47 Å². The molecule has 0 aliphatic carbocycles. The van der Waals surface area contributed by atoms with Crippen molar-refractivity contribution in [3.63, 3.8) is 0 Å². The molecule has 1 aromatic carbocycles. The molecule has 2 N–H and O–H groups in total. The average Bonchev–Trinajstić information content (AvgIpc) is 2.98. The van der Waals surface area contributed by atoms with Crippen molar-refractivity contribution in [2.24, 2.45) is 7.05 Å². The van der Waals surface area contributed by atoms with E-state index >= 15 is 0 Å². The van der Waals surface area contributed by atoms with Crippen molar-refractivity contribution in [3.05, 3.63) is 41.7 Å². The molecule has 0 saturated carbocycles. The van der Waals surface area contributed by atoms with Gasteiger partial charge in [-0.25, -0.2) is 0 Å². The maximum absolute atomic E-state index is 12.1. The van der Waals surface area contributed by atoms with E-state index in [-0.39, 0.29) is 0 Å². The van der Waals surface area contributed by atoms with Crippen LogP contribution >= 0.6 is 0 Å². The van der Waals surface area contributed by atoms with Gasteiger partial charge >= 0.3 is 0 Å². The van der Waals surface area contributed by atoms with E-state index in [2.05, 4.69) is 16.0 Å². The van der Waals surface area contributed by atoms with Crippen molar-refractivity contribution in [2.75, 3.05) is 14.2 Å². The second-order valence-corrected chi connectivity index (χ2v) is 4.41. The molecule has 1 heterocycles. The summed E-state index contributed by atoms with van der Waals surface area (Å²) in [5.41, 5.74) is 5.27. The molecule has 0 aliphatic rings. The van der Waals surface area contributed by atoms with Gasteiger partial charge in [0.2, 0.25) is 0 Å². The molecule has 0 bridgehead atoms. The predicted molar refractivity (Wildman–Crippen MR) is 77.7 cm³/mol. The van der Waals surface area contributed by atoms with Crippen molar-refractivity contribution >= 4 is 11.8 Å². The summed E-state index contributed by atoms with van der Waals surface area (Å²) < 4.78 is 11.7. The van der Waals surface area contributed by atoms with Gasteiger partial charge in [0, 0.05) is 24.9 Å². The number of nitrogens with zero attached hydrogens (tertiary/aromatic N) is 2. The Labute approximate surface area is 127 Å². The summed E-state index contributed by atoms with van der Waals surface area (Å²) in [7, 11) is 4.67. The fourth-order valence-corrected chi connectivity index (χ4v) is 1.73. The third kappa shape index (κ3) is 3.54. The monoisotopic (exact) mass is 304 g/mol. The Morgan fingerprint density at radius 2 is 1.55 bits per heavy atom. The first kappa shape index (κ1) is 15.4. The van der Waals surface area contributed by atoms with Gasteiger partial charge in [-0.1, -0.05) is 0 Å². The second kappa shape index (κ2) is 6.61. The van der Waals surface area contributed by atoms with Gasteiger partial charge in [-0.05, 0) is 12.1 Å². The Hall–Kier alpha value is -3.03. The number of hydrazine groups is 1. The molecule has 0 unspecified atom stereocenters. The van der Waals surface area contributed by atoms with Crippen LogP contribution in [-0.2, 0) is 7.05 Å². The number of ether oxygens (including phenoxy) is 2. The lowest BCUT2D eigenvalue weighted by atomic mass is 10.2. The van der Waals surface area contributed by atoms with Crippen LogP contribution < -0.4 is 20.3 Å². The molecule has 2 amide bonds. The fourth-order valence-electron chi connectivity index (χ4n) is 1.73. The number of carbonyl (C=O) groups is 2. The molecule has 0 aliphatic heterocycles. The van der Waals surface area contributed by atoms with E-state index in [1.165, 1.54) is 43.4 Å². The summed E-state index contributed by atoms with van der Waals surface area (Å²) in [5, 5.41) is 3.88. The SMILES string of the molecule is COc1cc(OC)cc(C(=O)NNC(=O)c2cnn(C)c2)c1. The lowest BCUT2D eigenvalue weighted by Gasteiger charge is -2.09. The molecule has 0 saturated heterocycles. The van der Waals surface area contributed by atoms with Crippen molar-refractivity contribution < 1.29 is 19.1 Å². The molecule has 0 radical (unpaired) electrons. The maximum Gasteiger partial charge on any atom is 0.272 e. The normalized spacial score (nSPS) is 9.95. The zero-order valence-corrected chi connectivity index (χ0v) is 12.4. The van der Waals surface area contributed by atoms with Crippen LogP contribution in [0.15, 0.2) is 30.6 Å². The van der Waals surface area contributed by atoms with E-state index in [1.54, 1.807) is 13.1 Å². The molecule has 2 aromatic rings. The number of aromatic nitrogens is 2. The third-order valence-corrected chi connectivity index (χ3v) is 2.87. The summed E-state index contributed by atoms with van der Waals surface area (Å²) in [5.74, 6) is -0.00285. The van der Waals surface area contributed by atoms with Gasteiger partial charge in [-0.2, -0.15) is 5.10 Å². The molecular formula is C14H16N4O4. The molecular weight excluding hydrogens is 288 g/mol. The van der Waals surface area contributed by atoms with Crippen LogP contribution in [0.5, 0.6) is 11.5 Å². The summed E-state index contributed by atoms with van der Waals surface area (Å²) in [6, 6.07) is 4.72. The number of carbonyl (C=O) groups excluding carboxylic acids is 2. The highest BCUT2D eigenvalue weighted by Gasteiger charge is 2.12. The van der Waals surface area contributed by atoms with Gasteiger partial charge in [0.05, 0.1) is 26.0 Å². The molecule has 1 aromatic heterocycles. The van der Waals surface area contributed by atoms with Crippen LogP contribution in [0.2, 0.25) is 0 Å². The topological polar surface area (TPSA) is 94.5 Å². The highest BCUT2D eigenvalue weighted by Crippen LogP contribution is 2.22. The lowest BCUT2D eigenvalue weighted by molar-refractivity contribution is 0.0846. The summed E-state index contributed by atoms with van der Waals surface area (Å²) in [4.78, 5) is 23.9. The Bertz CT molecular complexity index is 674. The van der Waals surface area contributed by atoms with E-state index in [0.717, 1.165) is 0 Å². The van der Waals surface area contributed by atoms with Gasteiger partial charge in [0.25, 0.3) is 11.8 Å². The zero-order valence-electron chi connectivity index (χ0n) is 12.4. The van der Waals surface area contributed by atoms with Crippen molar-refractivity contribution in [1.82, 2.24) is 20.6 Å². The molecule has 2 rings (SSSR count). The van der Waals surface area contributed by atoms with Gasteiger partial charge in [0.1, 0.15) is 11.5 Å². The summed E-state index contributed by atoms with van der Waals surface area (Å²) >= 11 is 0. The first-order chi connectivity index (χ1) is 10.5. The number of amides is 2. The Kier molecular flexibility index (Phi) is 4.62. The quantitative estimate of drug-likeness (QED) is 0.803.